The fourth-order valence-corrected chi connectivity index (χ4v) is 1.02. The molecule has 1 saturated heterocycles. The summed E-state index contributed by atoms with van der Waals surface area (Å²) in [7, 11) is 0. The average molecular weight is 200 g/mol. The molecular formula is C11H20O3. The van der Waals surface area contributed by atoms with E-state index in [4.69, 9.17) is 14.6 Å². The highest BCUT2D eigenvalue weighted by Crippen LogP contribution is 2.09. The van der Waals surface area contributed by atoms with Crippen molar-refractivity contribution in [2.75, 3.05) is 26.4 Å². The monoisotopic (exact) mass is 200 g/mol. The van der Waals surface area contributed by atoms with Crippen LogP contribution in [0, 0.1) is 0 Å². The fourth-order valence-electron chi connectivity index (χ4n) is 1.02. The van der Waals surface area contributed by atoms with Crippen molar-refractivity contribution < 1.29 is 14.6 Å². The Morgan fingerprint density at radius 1 is 1.36 bits per heavy atom. The van der Waals surface area contributed by atoms with E-state index in [0.29, 0.717) is 13.2 Å². The second kappa shape index (κ2) is 10.4. The first-order chi connectivity index (χ1) is 6.85. The molecule has 1 atom stereocenters. The summed E-state index contributed by atoms with van der Waals surface area (Å²) in [5, 5.41) is 8.44. The molecule has 0 amide bonds. The van der Waals surface area contributed by atoms with Crippen molar-refractivity contribution in [3.05, 3.63) is 25.3 Å². The third kappa shape index (κ3) is 7.98. The van der Waals surface area contributed by atoms with Crippen molar-refractivity contribution in [3.8, 4) is 0 Å². The Balaban J connectivity index is 0.000000241. The Morgan fingerprint density at radius 2 is 2.00 bits per heavy atom. The van der Waals surface area contributed by atoms with Gasteiger partial charge >= 0.3 is 0 Å². The minimum Gasteiger partial charge on any atom is -0.394 e. The van der Waals surface area contributed by atoms with Crippen molar-refractivity contribution in [2.24, 2.45) is 0 Å². The van der Waals surface area contributed by atoms with Gasteiger partial charge in [0.2, 0.25) is 0 Å². The van der Waals surface area contributed by atoms with Crippen LogP contribution in [0.1, 0.15) is 12.8 Å². The van der Waals surface area contributed by atoms with Gasteiger partial charge in [-0.3, -0.25) is 0 Å². The first-order valence-electron chi connectivity index (χ1n) is 4.87. The lowest BCUT2D eigenvalue weighted by atomic mass is 10.2. The molecule has 0 aromatic heterocycles. The van der Waals surface area contributed by atoms with Crippen LogP contribution in [0.15, 0.2) is 25.3 Å². The molecule has 0 saturated carbocycles. The molecule has 1 aliphatic heterocycles. The normalized spacial score (nSPS) is 19.6. The van der Waals surface area contributed by atoms with Crippen molar-refractivity contribution >= 4 is 0 Å². The number of rotatable bonds is 5. The molecule has 82 valence electrons. The highest BCUT2D eigenvalue weighted by atomic mass is 16.5. The summed E-state index contributed by atoms with van der Waals surface area (Å²) < 4.78 is 9.95. The number of ether oxygens (including phenoxy) is 2. The third-order valence-electron chi connectivity index (χ3n) is 1.70. The molecule has 0 aromatic rings. The van der Waals surface area contributed by atoms with Crippen LogP contribution in [0.2, 0.25) is 0 Å². The lowest BCUT2D eigenvalue weighted by Crippen LogP contribution is -2.09. The summed E-state index contributed by atoms with van der Waals surface area (Å²) in [6.45, 7) is 9.21. The Hall–Kier alpha value is -0.640. The minimum absolute atomic E-state index is 0.153. The van der Waals surface area contributed by atoms with Crippen LogP contribution in [0.25, 0.3) is 0 Å². The Kier molecular flexibility index (Phi) is 9.96. The first-order valence-corrected chi connectivity index (χ1v) is 4.87. The molecule has 1 fully saturated rings. The van der Waals surface area contributed by atoms with Crippen LogP contribution >= 0.6 is 0 Å². The van der Waals surface area contributed by atoms with Gasteiger partial charge in [0.15, 0.2) is 0 Å². The van der Waals surface area contributed by atoms with Crippen molar-refractivity contribution in [2.45, 2.75) is 18.9 Å². The zero-order valence-electron chi connectivity index (χ0n) is 8.65. The topological polar surface area (TPSA) is 38.7 Å². The quantitative estimate of drug-likeness (QED) is 0.540. The van der Waals surface area contributed by atoms with Gasteiger partial charge in [0.1, 0.15) is 0 Å². The van der Waals surface area contributed by atoms with E-state index in [1.54, 1.807) is 12.2 Å². The van der Waals surface area contributed by atoms with Gasteiger partial charge in [-0.1, -0.05) is 12.2 Å². The molecule has 0 radical (unpaired) electrons. The van der Waals surface area contributed by atoms with Gasteiger partial charge < -0.3 is 14.6 Å². The summed E-state index contributed by atoms with van der Waals surface area (Å²) in [4.78, 5) is 0. The lowest BCUT2D eigenvalue weighted by Gasteiger charge is -2.00. The van der Waals surface area contributed by atoms with Gasteiger partial charge in [-0.05, 0) is 12.8 Å². The molecule has 1 N–H and O–H groups in total. The fraction of sp³-hybridized carbons (Fsp3) is 0.636. The predicted molar refractivity (Wildman–Crippen MR) is 57.3 cm³/mol. The molecule has 0 aliphatic carbocycles. The van der Waals surface area contributed by atoms with Gasteiger partial charge in [0, 0.05) is 6.61 Å². The second-order valence-corrected chi connectivity index (χ2v) is 2.93. The minimum atomic E-state index is 0.153. The van der Waals surface area contributed by atoms with E-state index in [2.05, 4.69) is 13.2 Å². The smallest absolute Gasteiger partial charge is 0.0806 e. The molecule has 3 nitrogen and oxygen atoms in total. The number of aliphatic hydroxyl groups is 1. The van der Waals surface area contributed by atoms with Gasteiger partial charge in [0.25, 0.3) is 0 Å². The summed E-state index contributed by atoms with van der Waals surface area (Å²) >= 11 is 0. The maximum atomic E-state index is 8.44. The second-order valence-electron chi connectivity index (χ2n) is 2.93. The highest BCUT2D eigenvalue weighted by Gasteiger charge is 2.12. The molecule has 3 heteroatoms. The molecule has 14 heavy (non-hydrogen) atoms. The van der Waals surface area contributed by atoms with Crippen LogP contribution < -0.4 is 0 Å². The molecule has 0 bridgehead atoms. The van der Waals surface area contributed by atoms with Crippen LogP contribution in [-0.4, -0.2) is 37.6 Å². The first kappa shape index (κ1) is 13.4. The van der Waals surface area contributed by atoms with E-state index < -0.39 is 0 Å². The van der Waals surface area contributed by atoms with Gasteiger partial charge in [0.05, 0.1) is 25.9 Å². The zero-order valence-corrected chi connectivity index (χ0v) is 8.65. The Labute approximate surface area is 86.0 Å². The predicted octanol–water partition coefficient (Wildman–Crippen LogP) is 1.53. The van der Waals surface area contributed by atoms with Gasteiger partial charge in [-0.2, -0.15) is 0 Å². The standard InChI is InChI=1S/C6H10O.C5H10O2/c1-3-5-7-6-4-2;6-4-5-2-1-3-7-5/h3-4H,1-2,5-6H2;5-6H,1-4H2. The van der Waals surface area contributed by atoms with Crippen LogP contribution in [-0.2, 0) is 9.47 Å². The lowest BCUT2D eigenvalue weighted by molar-refractivity contribution is 0.0591. The number of hydrogen-bond donors (Lipinski definition) is 1. The summed E-state index contributed by atoms with van der Waals surface area (Å²) in [6, 6.07) is 0. The Bertz CT molecular complexity index is 131. The summed E-state index contributed by atoms with van der Waals surface area (Å²) in [5.74, 6) is 0. The van der Waals surface area contributed by atoms with Gasteiger partial charge in [-0.15, -0.1) is 13.2 Å². The van der Waals surface area contributed by atoms with Crippen LogP contribution in [0.5, 0.6) is 0 Å². The van der Waals surface area contributed by atoms with Crippen LogP contribution in [0.4, 0.5) is 0 Å². The van der Waals surface area contributed by atoms with Crippen molar-refractivity contribution in [1.82, 2.24) is 0 Å². The van der Waals surface area contributed by atoms with E-state index in [1.807, 2.05) is 0 Å². The molecule has 1 aliphatic rings. The maximum Gasteiger partial charge on any atom is 0.0806 e. The van der Waals surface area contributed by atoms with E-state index >= 15 is 0 Å². The molecule has 0 aromatic carbocycles. The molecule has 0 spiro atoms. The molecule has 1 unspecified atom stereocenters. The maximum absolute atomic E-state index is 8.44. The SMILES string of the molecule is C=CCOCC=C.OCC1CCCO1. The molecule has 1 heterocycles. The van der Waals surface area contributed by atoms with Gasteiger partial charge in [-0.25, -0.2) is 0 Å². The molecule has 1 rings (SSSR count). The van der Waals surface area contributed by atoms with Crippen LogP contribution in [0.3, 0.4) is 0 Å². The van der Waals surface area contributed by atoms with E-state index in [-0.39, 0.29) is 12.7 Å². The Morgan fingerprint density at radius 3 is 2.29 bits per heavy atom. The highest BCUT2D eigenvalue weighted by molar-refractivity contribution is 4.68. The van der Waals surface area contributed by atoms with Crippen molar-refractivity contribution in [3.63, 3.8) is 0 Å². The number of hydrogen-bond acceptors (Lipinski definition) is 3. The van der Waals surface area contributed by atoms with E-state index in [1.165, 1.54) is 0 Å². The largest absolute Gasteiger partial charge is 0.394 e. The summed E-state index contributed by atoms with van der Waals surface area (Å²) in [5.41, 5.74) is 0. The average Bonchev–Trinajstić information content (AvgIpc) is 2.72. The summed E-state index contributed by atoms with van der Waals surface area (Å²) in [6.07, 6.45) is 5.73. The third-order valence-corrected chi connectivity index (χ3v) is 1.70. The number of aliphatic hydroxyl groups excluding tert-OH is 1. The van der Waals surface area contributed by atoms with E-state index in [0.717, 1.165) is 19.4 Å². The zero-order chi connectivity index (χ0) is 10.6. The molecular weight excluding hydrogens is 180 g/mol. The van der Waals surface area contributed by atoms with Crippen molar-refractivity contribution in [1.29, 1.82) is 0 Å². The van der Waals surface area contributed by atoms with E-state index in [9.17, 15) is 0 Å².